The second kappa shape index (κ2) is 5.78. The third kappa shape index (κ3) is 5.93. The van der Waals surface area contributed by atoms with Gasteiger partial charge in [0, 0.05) is 24.5 Å². The highest BCUT2D eigenvalue weighted by molar-refractivity contribution is 7.87. The summed E-state index contributed by atoms with van der Waals surface area (Å²) in [4.78, 5) is 2.47. The lowest BCUT2D eigenvalue weighted by Gasteiger charge is -2.03. The average molecular weight is 193 g/mol. The minimum Gasteiger partial charge on any atom is -0.203 e. The van der Waals surface area contributed by atoms with Crippen LogP contribution in [0, 0.1) is 0 Å². The van der Waals surface area contributed by atoms with Crippen LogP contribution in [0.2, 0.25) is 0 Å². The molecule has 0 bridgehead atoms. The molecule has 0 amide bonds. The number of azide groups is 1. The summed E-state index contributed by atoms with van der Waals surface area (Å²) in [6.45, 7) is 2.23. The van der Waals surface area contributed by atoms with E-state index in [4.69, 9.17) is 5.53 Å². The van der Waals surface area contributed by atoms with Gasteiger partial charge in [0.1, 0.15) is 0 Å². The molecule has 0 aromatic rings. The minimum absolute atomic E-state index is 0.111. The van der Waals surface area contributed by atoms with Crippen molar-refractivity contribution in [3.05, 3.63) is 10.4 Å². The van der Waals surface area contributed by atoms with Crippen LogP contribution >= 0.6 is 0 Å². The van der Waals surface area contributed by atoms with Crippen LogP contribution in [-0.4, -0.2) is 28.1 Å². The van der Waals surface area contributed by atoms with Crippen molar-refractivity contribution in [3.8, 4) is 0 Å². The number of hydrogen-bond donors (Lipinski definition) is 2. The van der Waals surface area contributed by atoms with Crippen molar-refractivity contribution < 1.29 is 8.42 Å². The number of hydrogen-bond acceptors (Lipinski definition) is 3. The molecule has 70 valence electrons. The molecule has 0 aromatic carbocycles. The number of nitrogens with zero attached hydrogens (tertiary/aromatic N) is 3. The van der Waals surface area contributed by atoms with Gasteiger partial charge in [-0.2, -0.15) is 8.42 Å². The van der Waals surface area contributed by atoms with Gasteiger partial charge >= 0.3 is 0 Å². The smallest absolute Gasteiger partial charge is 0.203 e. The molecule has 0 fully saturated rings. The fraction of sp³-hybridized carbons (Fsp3) is 1.00. The summed E-state index contributed by atoms with van der Waals surface area (Å²) in [7, 11) is -3.40. The van der Waals surface area contributed by atoms with Crippen molar-refractivity contribution in [2.45, 2.75) is 6.92 Å². The average Bonchev–Trinajstić information content (AvgIpc) is 1.98. The molecule has 0 aliphatic rings. The molecule has 0 aromatic heterocycles. The minimum atomic E-state index is -3.40. The molecule has 0 saturated carbocycles. The second-order valence-corrected chi connectivity index (χ2v) is 3.43. The molecule has 12 heavy (non-hydrogen) atoms. The highest BCUT2D eigenvalue weighted by Crippen LogP contribution is 1.76. The Morgan fingerprint density at radius 1 is 1.50 bits per heavy atom. The van der Waals surface area contributed by atoms with Crippen molar-refractivity contribution >= 4 is 10.2 Å². The lowest BCUT2D eigenvalue weighted by Crippen LogP contribution is -2.37. The summed E-state index contributed by atoms with van der Waals surface area (Å²) in [6.07, 6.45) is 0. The lowest BCUT2D eigenvalue weighted by molar-refractivity contribution is 0.569. The van der Waals surface area contributed by atoms with E-state index in [1.807, 2.05) is 0 Å². The zero-order valence-electron chi connectivity index (χ0n) is 6.69. The number of rotatable bonds is 6. The molecule has 0 spiro atoms. The Kier molecular flexibility index (Phi) is 5.39. The first kappa shape index (κ1) is 11.2. The lowest BCUT2D eigenvalue weighted by atomic mass is 10.7. The first-order chi connectivity index (χ1) is 5.62. The highest BCUT2D eigenvalue weighted by atomic mass is 32.2. The fourth-order valence-electron chi connectivity index (χ4n) is 0.516. The van der Waals surface area contributed by atoms with Crippen molar-refractivity contribution in [3.63, 3.8) is 0 Å². The quantitative estimate of drug-likeness (QED) is 0.262. The Balaban J connectivity index is 3.69. The Hall–Kier alpha value is -0.820. The molecular weight excluding hydrogens is 182 g/mol. The maximum absolute atomic E-state index is 10.8. The van der Waals surface area contributed by atoms with Gasteiger partial charge in [-0.25, -0.2) is 9.44 Å². The van der Waals surface area contributed by atoms with E-state index in [9.17, 15) is 8.42 Å². The fourth-order valence-corrected chi connectivity index (χ4v) is 1.36. The second-order valence-electron chi connectivity index (χ2n) is 1.85. The van der Waals surface area contributed by atoms with Crippen LogP contribution in [0.25, 0.3) is 10.4 Å². The van der Waals surface area contributed by atoms with E-state index in [-0.39, 0.29) is 13.1 Å². The van der Waals surface area contributed by atoms with Crippen molar-refractivity contribution in [1.82, 2.24) is 9.44 Å². The summed E-state index contributed by atoms with van der Waals surface area (Å²) in [5.74, 6) is 0. The molecule has 8 heteroatoms. The van der Waals surface area contributed by atoms with Crippen LogP contribution in [0.3, 0.4) is 0 Å². The van der Waals surface area contributed by atoms with E-state index in [2.05, 4.69) is 19.5 Å². The van der Waals surface area contributed by atoms with Gasteiger partial charge < -0.3 is 0 Å². The molecule has 0 rings (SSSR count). The summed E-state index contributed by atoms with van der Waals surface area (Å²) in [5, 5.41) is 3.16. The van der Waals surface area contributed by atoms with E-state index in [1.54, 1.807) is 6.92 Å². The molecule has 2 N–H and O–H groups in total. The third-order valence-corrected chi connectivity index (χ3v) is 2.15. The largest absolute Gasteiger partial charge is 0.276 e. The van der Waals surface area contributed by atoms with Gasteiger partial charge in [0.25, 0.3) is 10.2 Å². The first-order valence-electron chi connectivity index (χ1n) is 3.37. The van der Waals surface area contributed by atoms with Crippen molar-refractivity contribution in [1.29, 1.82) is 0 Å². The Bertz CT molecular complexity index is 255. The monoisotopic (exact) mass is 193 g/mol. The van der Waals surface area contributed by atoms with E-state index < -0.39 is 10.2 Å². The van der Waals surface area contributed by atoms with Crippen molar-refractivity contribution in [2.75, 3.05) is 19.6 Å². The Morgan fingerprint density at radius 2 is 2.17 bits per heavy atom. The molecule has 0 heterocycles. The summed E-state index contributed by atoms with van der Waals surface area (Å²) >= 11 is 0. The van der Waals surface area contributed by atoms with Gasteiger partial charge in [-0.3, -0.25) is 0 Å². The van der Waals surface area contributed by atoms with Gasteiger partial charge in [-0.1, -0.05) is 12.0 Å². The normalized spacial score (nSPS) is 10.8. The van der Waals surface area contributed by atoms with Crippen LogP contribution in [-0.2, 0) is 10.2 Å². The van der Waals surface area contributed by atoms with Gasteiger partial charge in [-0.05, 0) is 5.53 Å². The van der Waals surface area contributed by atoms with Crippen LogP contribution in [0.4, 0.5) is 0 Å². The Morgan fingerprint density at radius 3 is 2.67 bits per heavy atom. The predicted molar refractivity (Wildman–Crippen MR) is 44.6 cm³/mol. The van der Waals surface area contributed by atoms with Gasteiger partial charge in [-0.15, -0.1) is 0 Å². The third-order valence-electron chi connectivity index (χ3n) is 0.901. The first-order valence-corrected chi connectivity index (χ1v) is 4.86. The maximum Gasteiger partial charge on any atom is 0.276 e. The van der Waals surface area contributed by atoms with Crippen LogP contribution < -0.4 is 9.44 Å². The Labute approximate surface area is 71.0 Å². The van der Waals surface area contributed by atoms with Crippen LogP contribution in [0.1, 0.15) is 6.92 Å². The molecule has 0 aliphatic carbocycles. The number of nitrogens with one attached hydrogen (secondary N) is 2. The molecular formula is C4H11N5O2S. The van der Waals surface area contributed by atoms with Gasteiger partial charge in [0.15, 0.2) is 0 Å². The van der Waals surface area contributed by atoms with E-state index >= 15 is 0 Å². The molecule has 0 saturated heterocycles. The summed E-state index contributed by atoms with van der Waals surface area (Å²) in [5.41, 5.74) is 7.86. The molecule has 0 aliphatic heterocycles. The van der Waals surface area contributed by atoms with Crippen LogP contribution in [0.15, 0.2) is 5.11 Å². The maximum atomic E-state index is 10.8. The predicted octanol–water partition coefficient (Wildman–Crippen LogP) is -0.259. The van der Waals surface area contributed by atoms with E-state index in [1.165, 1.54) is 0 Å². The van der Waals surface area contributed by atoms with Crippen LogP contribution in [0.5, 0.6) is 0 Å². The molecule has 0 radical (unpaired) electrons. The van der Waals surface area contributed by atoms with E-state index in [0.717, 1.165) is 0 Å². The van der Waals surface area contributed by atoms with Gasteiger partial charge in [0.05, 0.1) is 0 Å². The molecule has 7 nitrogen and oxygen atoms in total. The zero-order chi connectivity index (χ0) is 9.45. The van der Waals surface area contributed by atoms with Crippen molar-refractivity contribution in [2.24, 2.45) is 5.11 Å². The summed E-state index contributed by atoms with van der Waals surface area (Å²) in [6, 6.07) is 0. The standard InChI is InChI=1S/C4H11N5O2S/c1-2-7-12(10,11)8-4-3-6-9-5/h7-8H,2-4H2,1H3. The van der Waals surface area contributed by atoms with Gasteiger partial charge in [0.2, 0.25) is 0 Å². The highest BCUT2D eigenvalue weighted by Gasteiger charge is 2.04. The molecule has 0 unspecified atom stereocenters. The SMILES string of the molecule is CCNS(=O)(=O)NCCN=[N+]=[N-]. The zero-order valence-corrected chi connectivity index (χ0v) is 7.50. The summed E-state index contributed by atoms with van der Waals surface area (Å²) < 4.78 is 26.1. The molecule has 0 atom stereocenters. The topological polar surface area (TPSA) is 107 Å². The van der Waals surface area contributed by atoms with E-state index in [0.29, 0.717) is 6.54 Å².